The molecular weight excluding hydrogens is 371 g/mol. The molecular formula is C22H21FN4O2. The summed E-state index contributed by atoms with van der Waals surface area (Å²) in [7, 11) is 0. The monoisotopic (exact) mass is 392 g/mol. The zero-order valence-electron chi connectivity index (χ0n) is 16.2. The van der Waals surface area contributed by atoms with Gasteiger partial charge in [-0.25, -0.2) is 9.07 Å². The highest BCUT2D eigenvalue weighted by molar-refractivity contribution is 5.87. The third-order valence-electron chi connectivity index (χ3n) is 5.07. The zero-order chi connectivity index (χ0) is 20.5. The van der Waals surface area contributed by atoms with E-state index < -0.39 is 5.56 Å². The van der Waals surface area contributed by atoms with Gasteiger partial charge in [0, 0.05) is 11.9 Å². The summed E-state index contributed by atoms with van der Waals surface area (Å²) >= 11 is 0. The molecule has 1 N–H and O–H groups in total. The average Bonchev–Trinajstić information content (AvgIpc) is 3.10. The van der Waals surface area contributed by atoms with E-state index in [4.69, 9.17) is 0 Å². The summed E-state index contributed by atoms with van der Waals surface area (Å²) in [5.41, 5.74) is 1.81. The Morgan fingerprint density at radius 1 is 1.14 bits per heavy atom. The molecule has 0 fully saturated rings. The van der Waals surface area contributed by atoms with Gasteiger partial charge in [0.15, 0.2) is 0 Å². The van der Waals surface area contributed by atoms with Gasteiger partial charge in [0.2, 0.25) is 5.91 Å². The average molecular weight is 392 g/mol. The lowest BCUT2D eigenvalue weighted by Gasteiger charge is -2.14. The number of carbonyl (C=O) groups is 1. The van der Waals surface area contributed by atoms with Gasteiger partial charge < -0.3 is 5.32 Å². The second-order valence-corrected chi connectivity index (χ2v) is 7.19. The first-order valence-electron chi connectivity index (χ1n) is 9.44. The van der Waals surface area contributed by atoms with Crippen molar-refractivity contribution in [2.45, 2.75) is 26.3 Å². The predicted molar refractivity (Wildman–Crippen MR) is 110 cm³/mol. The number of hydrogen-bond acceptors (Lipinski definition) is 3. The Bertz CT molecular complexity index is 1260. The number of fused-ring (bicyclic) bond motifs is 3. The van der Waals surface area contributed by atoms with E-state index in [9.17, 15) is 14.0 Å². The molecule has 0 radical (unpaired) electrons. The first-order valence-corrected chi connectivity index (χ1v) is 9.44. The number of nitrogens with zero attached hydrogens (tertiary/aromatic N) is 3. The van der Waals surface area contributed by atoms with Crippen LogP contribution in [0.5, 0.6) is 0 Å². The quantitative estimate of drug-likeness (QED) is 0.568. The molecule has 4 rings (SSSR count). The Labute approximate surface area is 166 Å². The van der Waals surface area contributed by atoms with Crippen molar-refractivity contribution in [2.24, 2.45) is 0 Å². The van der Waals surface area contributed by atoms with Gasteiger partial charge in [-0.1, -0.05) is 37.3 Å². The van der Waals surface area contributed by atoms with Crippen LogP contribution in [-0.4, -0.2) is 26.6 Å². The lowest BCUT2D eigenvalue weighted by Crippen LogP contribution is -2.36. The molecule has 0 saturated heterocycles. The number of hydrogen-bond donors (Lipinski definition) is 1. The summed E-state index contributed by atoms with van der Waals surface area (Å²) in [5, 5.41) is 7.76. The number of aryl methyl sites for hydroxylation is 1. The van der Waals surface area contributed by atoms with Crippen molar-refractivity contribution in [2.75, 3.05) is 6.54 Å². The Kier molecular flexibility index (Phi) is 4.88. The highest BCUT2D eigenvalue weighted by atomic mass is 19.1. The number of benzene rings is 2. The molecule has 0 saturated carbocycles. The Balaban J connectivity index is 1.56. The Morgan fingerprint density at radius 2 is 1.90 bits per heavy atom. The van der Waals surface area contributed by atoms with Crippen LogP contribution in [0.2, 0.25) is 0 Å². The minimum absolute atomic E-state index is 0.153. The highest BCUT2D eigenvalue weighted by Gasteiger charge is 2.15. The van der Waals surface area contributed by atoms with Gasteiger partial charge >= 0.3 is 0 Å². The van der Waals surface area contributed by atoms with E-state index in [0.29, 0.717) is 28.8 Å². The first kappa shape index (κ1) is 18.9. The van der Waals surface area contributed by atoms with Crippen molar-refractivity contribution in [3.05, 3.63) is 82.2 Å². The van der Waals surface area contributed by atoms with Gasteiger partial charge in [-0.3, -0.25) is 14.0 Å². The lowest BCUT2D eigenvalue weighted by atomic mass is 10.0. The highest BCUT2D eigenvalue weighted by Crippen LogP contribution is 2.20. The number of halogens is 1. The molecule has 0 aliphatic carbocycles. The number of amides is 1. The maximum Gasteiger partial charge on any atom is 0.291 e. The minimum Gasteiger partial charge on any atom is -0.354 e. The standard InChI is InChI=1S/C22H21FN4O2/c1-14(16-6-4-3-5-7-16)12-24-21(28)13-26-22(29)20-11-17-10-18(23)8-9-19(17)27(20)15(2)25-26/h3-11,14H,12-13H2,1-2H3,(H,24,28)/t14-/m1/s1. The predicted octanol–water partition coefficient (Wildman–Crippen LogP) is 3.02. The van der Waals surface area contributed by atoms with E-state index in [0.717, 1.165) is 10.2 Å². The van der Waals surface area contributed by atoms with Crippen LogP contribution >= 0.6 is 0 Å². The number of aromatic nitrogens is 3. The topological polar surface area (TPSA) is 68.4 Å². The lowest BCUT2D eigenvalue weighted by molar-refractivity contribution is -0.121. The molecule has 148 valence electrons. The van der Waals surface area contributed by atoms with Crippen LogP contribution in [0.4, 0.5) is 4.39 Å². The van der Waals surface area contributed by atoms with Gasteiger partial charge in [-0.15, -0.1) is 0 Å². The molecule has 0 unspecified atom stereocenters. The SMILES string of the molecule is Cc1nn(CC(=O)NC[C@@H](C)c2ccccc2)c(=O)c2cc3cc(F)ccc3n12. The second kappa shape index (κ2) is 7.50. The van der Waals surface area contributed by atoms with Crippen molar-refractivity contribution in [3.63, 3.8) is 0 Å². The van der Waals surface area contributed by atoms with Gasteiger partial charge in [0.05, 0.1) is 5.52 Å². The molecule has 0 bridgehead atoms. The van der Waals surface area contributed by atoms with Gasteiger partial charge in [-0.05, 0) is 42.7 Å². The largest absolute Gasteiger partial charge is 0.354 e. The fraction of sp³-hybridized carbons (Fsp3) is 0.227. The molecule has 2 heterocycles. The van der Waals surface area contributed by atoms with Crippen molar-refractivity contribution in [3.8, 4) is 0 Å². The summed E-state index contributed by atoms with van der Waals surface area (Å²) in [5.74, 6) is 0.0473. The van der Waals surface area contributed by atoms with Crippen LogP contribution in [0.1, 0.15) is 24.2 Å². The van der Waals surface area contributed by atoms with Crippen molar-refractivity contribution >= 4 is 22.3 Å². The molecule has 1 amide bonds. The van der Waals surface area contributed by atoms with Crippen LogP contribution in [-0.2, 0) is 11.3 Å². The Hall–Kier alpha value is -3.48. The summed E-state index contributed by atoms with van der Waals surface area (Å²) < 4.78 is 16.4. The summed E-state index contributed by atoms with van der Waals surface area (Å²) in [6.07, 6.45) is 0. The van der Waals surface area contributed by atoms with E-state index in [1.54, 1.807) is 23.5 Å². The fourth-order valence-electron chi connectivity index (χ4n) is 3.55. The summed E-state index contributed by atoms with van der Waals surface area (Å²) in [4.78, 5) is 25.2. The molecule has 2 aromatic carbocycles. The molecule has 2 aromatic heterocycles. The minimum atomic E-state index is -0.390. The summed E-state index contributed by atoms with van der Waals surface area (Å²) in [6, 6.07) is 15.9. The van der Waals surface area contributed by atoms with Crippen LogP contribution in [0, 0.1) is 12.7 Å². The Morgan fingerprint density at radius 3 is 2.66 bits per heavy atom. The smallest absolute Gasteiger partial charge is 0.291 e. The van der Waals surface area contributed by atoms with Gasteiger partial charge in [0.25, 0.3) is 5.56 Å². The molecule has 29 heavy (non-hydrogen) atoms. The molecule has 0 spiro atoms. The van der Waals surface area contributed by atoms with E-state index in [1.165, 1.54) is 12.1 Å². The normalized spacial score (nSPS) is 12.4. The van der Waals surface area contributed by atoms with Crippen LogP contribution in [0.3, 0.4) is 0 Å². The number of carbonyl (C=O) groups excluding carboxylic acids is 1. The van der Waals surface area contributed by atoms with E-state index in [1.807, 2.05) is 37.3 Å². The molecule has 0 aliphatic rings. The zero-order valence-corrected chi connectivity index (χ0v) is 16.2. The molecule has 6 nitrogen and oxygen atoms in total. The second-order valence-electron chi connectivity index (χ2n) is 7.19. The van der Waals surface area contributed by atoms with Crippen LogP contribution < -0.4 is 10.9 Å². The number of nitrogens with one attached hydrogen (secondary N) is 1. The molecule has 4 aromatic rings. The van der Waals surface area contributed by atoms with E-state index in [-0.39, 0.29) is 24.2 Å². The number of rotatable bonds is 5. The van der Waals surface area contributed by atoms with Crippen molar-refractivity contribution in [1.29, 1.82) is 0 Å². The van der Waals surface area contributed by atoms with Crippen molar-refractivity contribution < 1.29 is 9.18 Å². The molecule has 1 atom stereocenters. The first-order chi connectivity index (χ1) is 13.9. The van der Waals surface area contributed by atoms with Gasteiger partial charge in [0.1, 0.15) is 23.7 Å². The maximum atomic E-state index is 13.5. The summed E-state index contributed by atoms with van der Waals surface area (Å²) in [6.45, 7) is 4.07. The van der Waals surface area contributed by atoms with E-state index >= 15 is 0 Å². The third-order valence-corrected chi connectivity index (χ3v) is 5.07. The van der Waals surface area contributed by atoms with E-state index in [2.05, 4.69) is 10.4 Å². The fourth-order valence-corrected chi connectivity index (χ4v) is 3.55. The molecule has 0 aliphatic heterocycles. The van der Waals surface area contributed by atoms with Crippen molar-refractivity contribution in [1.82, 2.24) is 19.5 Å². The van der Waals surface area contributed by atoms with Crippen LogP contribution in [0.25, 0.3) is 16.4 Å². The molecule has 7 heteroatoms. The third kappa shape index (κ3) is 3.63. The van der Waals surface area contributed by atoms with Gasteiger partial charge in [-0.2, -0.15) is 5.10 Å². The maximum absolute atomic E-state index is 13.5. The van der Waals surface area contributed by atoms with Crippen LogP contribution in [0.15, 0.2) is 59.4 Å².